The summed E-state index contributed by atoms with van der Waals surface area (Å²) in [4.78, 5) is 13.2. The quantitative estimate of drug-likeness (QED) is 0.648. The standard InChI is InChI=1S/C20H24F2N2O4/c1-4-27-16-8-6-15(7-9-16)23-19(25)13-24(2)12-14-5-10-17(28-20(21)22)18(11-14)26-3/h5-11,20H,4,12-13H2,1-3H3,(H,23,25)/p+1. The molecule has 0 saturated heterocycles. The van der Waals surface area contributed by atoms with Gasteiger partial charge in [0.25, 0.3) is 5.91 Å². The molecule has 0 aromatic heterocycles. The number of hydrogen-bond acceptors (Lipinski definition) is 4. The van der Waals surface area contributed by atoms with Crippen LogP contribution in [0.1, 0.15) is 12.5 Å². The number of alkyl halides is 2. The van der Waals surface area contributed by atoms with Crippen molar-refractivity contribution in [1.82, 2.24) is 0 Å². The fourth-order valence-corrected chi connectivity index (χ4v) is 2.71. The van der Waals surface area contributed by atoms with E-state index in [0.29, 0.717) is 18.8 Å². The van der Waals surface area contributed by atoms with Gasteiger partial charge in [-0.1, -0.05) is 0 Å². The molecule has 8 heteroatoms. The van der Waals surface area contributed by atoms with Gasteiger partial charge >= 0.3 is 6.61 Å². The third-order valence-corrected chi connectivity index (χ3v) is 3.86. The summed E-state index contributed by atoms with van der Waals surface area (Å²) in [5, 5.41) is 2.84. The number of hydrogen-bond donors (Lipinski definition) is 2. The second-order valence-electron chi connectivity index (χ2n) is 6.18. The molecule has 0 bridgehead atoms. The molecule has 152 valence electrons. The van der Waals surface area contributed by atoms with Crippen molar-refractivity contribution < 1.29 is 32.7 Å². The van der Waals surface area contributed by atoms with Crippen LogP contribution in [0.2, 0.25) is 0 Å². The van der Waals surface area contributed by atoms with E-state index in [2.05, 4.69) is 10.1 Å². The van der Waals surface area contributed by atoms with E-state index < -0.39 is 6.61 Å². The maximum absolute atomic E-state index is 12.4. The van der Waals surface area contributed by atoms with Crippen molar-refractivity contribution in [3.8, 4) is 17.2 Å². The number of benzene rings is 2. The first-order valence-corrected chi connectivity index (χ1v) is 8.87. The minimum Gasteiger partial charge on any atom is -0.494 e. The maximum atomic E-state index is 12.4. The van der Waals surface area contributed by atoms with Gasteiger partial charge in [-0.05, 0) is 49.4 Å². The summed E-state index contributed by atoms with van der Waals surface area (Å²) >= 11 is 0. The number of nitrogens with one attached hydrogen (secondary N) is 2. The van der Waals surface area contributed by atoms with E-state index in [1.807, 2.05) is 14.0 Å². The molecule has 0 aliphatic heterocycles. The molecule has 1 atom stereocenters. The van der Waals surface area contributed by atoms with Gasteiger partial charge in [-0.2, -0.15) is 8.78 Å². The number of methoxy groups -OCH3 is 1. The number of carbonyl (C=O) groups is 1. The lowest BCUT2D eigenvalue weighted by Crippen LogP contribution is -3.08. The van der Waals surface area contributed by atoms with Crippen LogP contribution < -0.4 is 24.4 Å². The molecule has 28 heavy (non-hydrogen) atoms. The Bertz CT molecular complexity index is 769. The molecule has 0 fully saturated rings. The largest absolute Gasteiger partial charge is 0.494 e. The van der Waals surface area contributed by atoms with Gasteiger partial charge in [0.1, 0.15) is 12.3 Å². The van der Waals surface area contributed by atoms with E-state index in [1.165, 1.54) is 13.2 Å². The first-order valence-electron chi connectivity index (χ1n) is 8.87. The third-order valence-electron chi connectivity index (χ3n) is 3.86. The molecule has 0 saturated carbocycles. The van der Waals surface area contributed by atoms with Crippen LogP contribution in [0.15, 0.2) is 42.5 Å². The number of amides is 1. The number of quaternary nitrogens is 1. The predicted octanol–water partition coefficient (Wildman–Crippen LogP) is 2.35. The van der Waals surface area contributed by atoms with Crippen molar-refractivity contribution in [3.63, 3.8) is 0 Å². The molecule has 0 radical (unpaired) electrons. The summed E-state index contributed by atoms with van der Waals surface area (Å²) in [5.74, 6) is 0.819. The van der Waals surface area contributed by atoms with Gasteiger partial charge in [-0.15, -0.1) is 0 Å². The topological polar surface area (TPSA) is 61.2 Å². The maximum Gasteiger partial charge on any atom is 0.387 e. The Labute approximate surface area is 163 Å². The van der Waals surface area contributed by atoms with E-state index in [4.69, 9.17) is 9.47 Å². The van der Waals surface area contributed by atoms with Gasteiger partial charge in [-0.25, -0.2) is 0 Å². The number of ether oxygens (including phenoxy) is 3. The first kappa shape index (κ1) is 21.4. The highest BCUT2D eigenvalue weighted by atomic mass is 19.3. The molecular weight excluding hydrogens is 370 g/mol. The Morgan fingerprint density at radius 1 is 1.14 bits per heavy atom. The first-order chi connectivity index (χ1) is 13.4. The highest BCUT2D eigenvalue weighted by Gasteiger charge is 2.15. The highest BCUT2D eigenvalue weighted by Crippen LogP contribution is 2.29. The van der Waals surface area contributed by atoms with Gasteiger partial charge in [0, 0.05) is 11.3 Å². The summed E-state index contributed by atoms with van der Waals surface area (Å²) in [7, 11) is 3.26. The van der Waals surface area contributed by atoms with Gasteiger partial charge in [0.05, 0.1) is 20.8 Å². The number of halogens is 2. The van der Waals surface area contributed by atoms with Crippen LogP contribution in [0.4, 0.5) is 14.5 Å². The van der Waals surface area contributed by atoms with Gasteiger partial charge < -0.3 is 24.4 Å². The van der Waals surface area contributed by atoms with Crippen molar-refractivity contribution in [2.24, 2.45) is 0 Å². The molecular formula is C20H25F2N2O4+. The molecule has 0 aliphatic carbocycles. The molecule has 6 nitrogen and oxygen atoms in total. The van der Waals surface area contributed by atoms with Gasteiger partial charge in [-0.3, -0.25) is 4.79 Å². The molecule has 2 N–H and O–H groups in total. The lowest BCUT2D eigenvalue weighted by Gasteiger charge is -2.16. The van der Waals surface area contributed by atoms with Crippen LogP contribution >= 0.6 is 0 Å². The van der Waals surface area contributed by atoms with Crippen molar-refractivity contribution in [3.05, 3.63) is 48.0 Å². The van der Waals surface area contributed by atoms with Gasteiger partial charge in [0.2, 0.25) is 0 Å². The third kappa shape index (κ3) is 6.70. The number of rotatable bonds is 10. The zero-order valence-electron chi connectivity index (χ0n) is 16.1. The van der Waals surface area contributed by atoms with Crippen LogP contribution in [0.25, 0.3) is 0 Å². The summed E-state index contributed by atoms with van der Waals surface area (Å²) in [5.41, 5.74) is 1.53. The molecule has 0 spiro atoms. The Balaban J connectivity index is 1.90. The van der Waals surface area contributed by atoms with Crippen molar-refractivity contribution in [2.75, 3.05) is 32.6 Å². The minimum absolute atomic E-state index is 0.0212. The summed E-state index contributed by atoms with van der Waals surface area (Å²) in [6, 6.07) is 11.9. The van der Waals surface area contributed by atoms with E-state index in [-0.39, 0.29) is 24.0 Å². The highest BCUT2D eigenvalue weighted by molar-refractivity contribution is 5.91. The second-order valence-corrected chi connectivity index (χ2v) is 6.18. The molecule has 2 aromatic carbocycles. The molecule has 0 aliphatic rings. The van der Waals surface area contributed by atoms with Crippen molar-refractivity contribution >= 4 is 11.6 Å². The molecule has 2 aromatic rings. The molecule has 2 rings (SSSR count). The predicted molar refractivity (Wildman–Crippen MR) is 101 cm³/mol. The second kappa shape index (κ2) is 10.5. The smallest absolute Gasteiger partial charge is 0.387 e. The SMILES string of the molecule is CCOc1ccc(NC(=O)C[NH+](C)Cc2ccc(OC(F)F)c(OC)c2)cc1. The Morgan fingerprint density at radius 2 is 1.86 bits per heavy atom. The van der Waals surface area contributed by atoms with Crippen molar-refractivity contribution in [2.45, 2.75) is 20.1 Å². The van der Waals surface area contributed by atoms with Crippen molar-refractivity contribution in [1.29, 1.82) is 0 Å². The van der Waals surface area contributed by atoms with Crippen LogP contribution in [-0.2, 0) is 11.3 Å². The van der Waals surface area contributed by atoms with Crippen LogP contribution in [0, 0.1) is 0 Å². The fraction of sp³-hybridized carbons (Fsp3) is 0.350. The summed E-state index contributed by atoms with van der Waals surface area (Å²) in [6.07, 6.45) is 0. The lowest BCUT2D eigenvalue weighted by molar-refractivity contribution is -0.885. The summed E-state index contributed by atoms with van der Waals surface area (Å²) in [6.45, 7) is 0.329. The van der Waals surface area contributed by atoms with Gasteiger partial charge in [0.15, 0.2) is 18.0 Å². The summed E-state index contributed by atoms with van der Waals surface area (Å²) < 4.78 is 39.7. The lowest BCUT2D eigenvalue weighted by atomic mass is 10.2. The Kier molecular flexibility index (Phi) is 8.01. The molecule has 0 heterocycles. The number of likely N-dealkylation sites (N-methyl/N-ethyl adjacent to an activating group) is 1. The molecule has 1 amide bonds. The number of carbonyl (C=O) groups excluding carboxylic acids is 1. The Morgan fingerprint density at radius 3 is 2.46 bits per heavy atom. The van der Waals surface area contributed by atoms with E-state index in [1.54, 1.807) is 36.4 Å². The van der Waals surface area contributed by atoms with Crippen LogP contribution in [0.5, 0.6) is 17.2 Å². The zero-order valence-corrected chi connectivity index (χ0v) is 16.1. The average molecular weight is 395 g/mol. The zero-order chi connectivity index (χ0) is 20.5. The van der Waals surface area contributed by atoms with E-state index in [0.717, 1.165) is 16.2 Å². The Hall–Kier alpha value is -2.87. The number of anilines is 1. The average Bonchev–Trinajstić information content (AvgIpc) is 2.64. The minimum atomic E-state index is -2.92. The van der Waals surface area contributed by atoms with Crippen LogP contribution in [-0.4, -0.2) is 39.8 Å². The van der Waals surface area contributed by atoms with Crippen LogP contribution in [0.3, 0.4) is 0 Å². The molecule has 1 unspecified atom stereocenters. The van der Waals surface area contributed by atoms with E-state index >= 15 is 0 Å². The van der Waals surface area contributed by atoms with E-state index in [9.17, 15) is 13.6 Å². The normalized spacial score (nSPS) is 11.8. The fourth-order valence-electron chi connectivity index (χ4n) is 2.71. The monoisotopic (exact) mass is 395 g/mol.